The lowest BCUT2D eigenvalue weighted by Gasteiger charge is -2.12. The average Bonchev–Trinajstić information content (AvgIpc) is 2.99. The molecule has 1 saturated heterocycles. The molecule has 1 aromatic heterocycles. The molecule has 20 heavy (non-hydrogen) atoms. The Morgan fingerprint density at radius 1 is 1.40 bits per heavy atom. The van der Waals surface area contributed by atoms with Gasteiger partial charge in [0.05, 0.1) is 24.4 Å². The van der Waals surface area contributed by atoms with Crippen LogP contribution < -0.4 is 10.7 Å². The zero-order valence-corrected chi connectivity index (χ0v) is 11.4. The van der Waals surface area contributed by atoms with Crippen LogP contribution in [0.25, 0.3) is 10.9 Å². The number of ether oxygens (including phenoxy) is 1. The van der Waals surface area contributed by atoms with Gasteiger partial charge in [0.2, 0.25) is 5.43 Å². The molecule has 1 aliphatic heterocycles. The molecular weight excluding hydrogens is 254 g/mol. The topological polar surface area (TPSA) is 56.2 Å². The third kappa shape index (κ3) is 2.89. The minimum absolute atomic E-state index is 0.0239. The number of nitrogens with one attached hydrogen (secondary N) is 1. The summed E-state index contributed by atoms with van der Waals surface area (Å²) in [7, 11) is 0. The third-order valence-corrected chi connectivity index (χ3v) is 3.66. The SMILES string of the molecule is O=c1cnn(CCNCC2CCCO2)c2ccccc12. The Bertz CT molecular complexity index is 632. The van der Waals surface area contributed by atoms with Crippen molar-refractivity contribution >= 4 is 10.9 Å². The third-order valence-electron chi connectivity index (χ3n) is 3.66. The number of hydrogen-bond acceptors (Lipinski definition) is 4. The van der Waals surface area contributed by atoms with E-state index in [4.69, 9.17) is 4.74 Å². The highest BCUT2D eigenvalue weighted by atomic mass is 16.5. The maximum atomic E-state index is 11.7. The van der Waals surface area contributed by atoms with Gasteiger partial charge in [-0.15, -0.1) is 0 Å². The molecule has 2 heterocycles. The number of fused-ring (bicyclic) bond motifs is 1. The van der Waals surface area contributed by atoms with Crippen molar-refractivity contribution in [2.24, 2.45) is 0 Å². The van der Waals surface area contributed by atoms with Crippen molar-refractivity contribution in [2.75, 3.05) is 19.7 Å². The first-order chi connectivity index (χ1) is 9.84. The van der Waals surface area contributed by atoms with Gasteiger partial charge in [0, 0.05) is 25.1 Å². The maximum Gasteiger partial charge on any atom is 0.207 e. The van der Waals surface area contributed by atoms with Crippen molar-refractivity contribution in [3.63, 3.8) is 0 Å². The highest BCUT2D eigenvalue weighted by Gasteiger charge is 2.14. The molecule has 0 radical (unpaired) electrons. The summed E-state index contributed by atoms with van der Waals surface area (Å²) in [6.45, 7) is 3.34. The van der Waals surface area contributed by atoms with Crippen LogP contribution in [0.2, 0.25) is 0 Å². The molecule has 1 fully saturated rings. The van der Waals surface area contributed by atoms with E-state index >= 15 is 0 Å². The minimum atomic E-state index is -0.0239. The second-order valence-corrected chi connectivity index (χ2v) is 5.09. The van der Waals surface area contributed by atoms with E-state index in [1.54, 1.807) is 0 Å². The molecule has 0 saturated carbocycles. The molecule has 0 aliphatic carbocycles. The molecule has 1 atom stereocenters. The van der Waals surface area contributed by atoms with Crippen LogP contribution in [0.1, 0.15) is 12.8 Å². The molecule has 1 aromatic carbocycles. The second kappa shape index (κ2) is 6.15. The van der Waals surface area contributed by atoms with E-state index in [9.17, 15) is 4.79 Å². The van der Waals surface area contributed by atoms with Crippen molar-refractivity contribution in [2.45, 2.75) is 25.5 Å². The lowest BCUT2D eigenvalue weighted by Crippen LogP contribution is -2.29. The van der Waals surface area contributed by atoms with E-state index in [-0.39, 0.29) is 5.43 Å². The fraction of sp³-hybridized carbons (Fsp3) is 0.467. The fourth-order valence-corrected chi connectivity index (χ4v) is 2.59. The van der Waals surface area contributed by atoms with Crippen LogP contribution in [0.5, 0.6) is 0 Å². The van der Waals surface area contributed by atoms with Crippen LogP contribution in [0.4, 0.5) is 0 Å². The Balaban J connectivity index is 1.62. The summed E-state index contributed by atoms with van der Waals surface area (Å²) in [5.41, 5.74) is 0.864. The largest absolute Gasteiger partial charge is 0.377 e. The lowest BCUT2D eigenvalue weighted by atomic mass is 10.2. The van der Waals surface area contributed by atoms with Crippen LogP contribution in [0.3, 0.4) is 0 Å². The monoisotopic (exact) mass is 273 g/mol. The van der Waals surface area contributed by atoms with Gasteiger partial charge in [-0.3, -0.25) is 9.48 Å². The summed E-state index contributed by atoms with van der Waals surface area (Å²) in [4.78, 5) is 11.7. The molecule has 1 unspecified atom stereocenters. The van der Waals surface area contributed by atoms with Crippen molar-refractivity contribution in [3.05, 3.63) is 40.7 Å². The lowest BCUT2D eigenvalue weighted by molar-refractivity contribution is 0.110. The number of para-hydroxylation sites is 1. The van der Waals surface area contributed by atoms with Crippen molar-refractivity contribution in [3.8, 4) is 0 Å². The molecule has 2 aromatic rings. The van der Waals surface area contributed by atoms with Gasteiger partial charge in [-0.25, -0.2) is 0 Å². The first-order valence-electron chi connectivity index (χ1n) is 7.12. The van der Waals surface area contributed by atoms with Gasteiger partial charge in [-0.2, -0.15) is 5.10 Å². The first-order valence-corrected chi connectivity index (χ1v) is 7.12. The second-order valence-electron chi connectivity index (χ2n) is 5.09. The van der Waals surface area contributed by atoms with E-state index < -0.39 is 0 Å². The summed E-state index contributed by atoms with van der Waals surface area (Å²) in [6.07, 6.45) is 4.06. The first kappa shape index (κ1) is 13.3. The number of nitrogens with zero attached hydrogens (tertiary/aromatic N) is 2. The highest BCUT2D eigenvalue weighted by molar-refractivity contribution is 5.77. The van der Waals surface area contributed by atoms with E-state index in [0.29, 0.717) is 6.10 Å². The summed E-state index contributed by atoms with van der Waals surface area (Å²) >= 11 is 0. The molecule has 106 valence electrons. The summed E-state index contributed by atoms with van der Waals surface area (Å²) in [5, 5.41) is 8.32. The molecular formula is C15H19N3O2. The van der Waals surface area contributed by atoms with Gasteiger partial charge in [0.25, 0.3) is 0 Å². The number of hydrogen-bond donors (Lipinski definition) is 1. The Morgan fingerprint density at radius 2 is 2.30 bits per heavy atom. The van der Waals surface area contributed by atoms with Crippen LogP contribution >= 0.6 is 0 Å². The Kier molecular flexibility index (Phi) is 4.08. The van der Waals surface area contributed by atoms with Crippen molar-refractivity contribution in [1.82, 2.24) is 15.1 Å². The molecule has 0 bridgehead atoms. The van der Waals surface area contributed by atoms with Crippen molar-refractivity contribution < 1.29 is 4.74 Å². The van der Waals surface area contributed by atoms with Gasteiger partial charge in [0.1, 0.15) is 0 Å². The average molecular weight is 273 g/mol. The predicted octanol–water partition coefficient (Wildman–Crippen LogP) is 1.17. The molecule has 0 spiro atoms. The molecule has 0 amide bonds. The summed E-state index contributed by atoms with van der Waals surface area (Å²) in [5.74, 6) is 0. The Hall–Kier alpha value is -1.72. The quantitative estimate of drug-likeness (QED) is 0.831. The Morgan fingerprint density at radius 3 is 3.15 bits per heavy atom. The molecule has 1 N–H and O–H groups in total. The molecule has 3 rings (SSSR count). The molecule has 5 nitrogen and oxygen atoms in total. The normalized spacial score (nSPS) is 18.7. The van der Waals surface area contributed by atoms with Crippen molar-refractivity contribution in [1.29, 1.82) is 0 Å². The maximum absolute atomic E-state index is 11.7. The Labute approximate surface area is 117 Å². The van der Waals surface area contributed by atoms with E-state index in [2.05, 4.69) is 10.4 Å². The van der Waals surface area contributed by atoms with E-state index in [1.807, 2.05) is 28.9 Å². The predicted molar refractivity (Wildman–Crippen MR) is 77.8 cm³/mol. The smallest absolute Gasteiger partial charge is 0.207 e. The summed E-state index contributed by atoms with van der Waals surface area (Å²) in [6, 6.07) is 7.59. The van der Waals surface area contributed by atoms with Crippen LogP contribution in [0, 0.1) is 0 Å². The van der Waals surface area contributed by atoms with Gasteiger partial charge < -0.3 is 10.1 Å². The van der Waals surface area contributed by atoms with Gasteiger partial charge >= 0.3 is 0 Å². The van der Waals surface area contributed by atoms with Gasteiger partial charge in [0.15, 0.2) is 0 Å². The van der Waals surface area contributed by atoms with Gasteiger partial charge in [-0.1, -0.05) is 12.1 Å². The minimum Gasteiger partial charge on any atom is -0.377 e. The van der Waals surface area contributed by atoms with Crippen LogP contribution in [-0.2, 0) is 11.3 Å². The highest BCUT2D eigenvalue weighted by Crippen LogP contribution is 2.10. The fourth-order valence-electron chi connectivity index (χ4n) is 2.59. The van der Waals surface area contributed by atoms with E-state index in [1.165, 1.54) is 6.20 Å². The summed E-state index contributed by atoms with van der Waals surface area (Å²) < 4.78 is 7.44. The van der Waals surface area contributed by atoms with Gasteiger partial charge in [-0.05, 0) is 25.0 Å². The molecule has 1 aliphatic rings. The standard InChI is InChI=1S/C15H19N3O2/c19-15-11-17-18(14-6-2-1-5-13(14)15)8-7-16-10-12-4-3-9-20-12/h1-2,5-6,11-12,16H,3-4,7-10H2. The van der Waals surface area contributed by atoms with Crippen LogP contribution in [0.15, 0.2) is 35.3 Å². The zero-order valence-electron chi connectivity index (χ0n) is 11.4. The number of aromatic nitrogens is 2. The molecule has 5 heteroatoms. The van der Waals surface area contributed by atoms with E-state index in [0.717, 1.165) is 50.0 Å². The zero-order chi connectivity index (χ0) is 13.8. The number of rotatable bonds is 5. The van der Waals surface area contributed by atoms with Crippen LogP contribution in [-0.4, -0.2) is 35.6 Å². The number of benzene rings is 1.